The number of aromatic nitrogens is 2. The van der Waals surface area contributed by atoms with Crippen molar-refractivity contribution >= 4 is 5.91 Å². The van der Waals surface area contributed by atoms with E-state index in [4.69, 9.17) is 9.26 Å². The number of rotatable bonds is 4. The average molecular weight is 280 g/mol. The SMILES string of the molecule is COCc1noc(CN2CCCC23CCCNC3=O)n1. The van der Waals surface area contributed by atoms with Gasteiger partial charge in [-0.15, -0.1) is 0 Å². The molecule has 1 spiro atoms. The molecule has 1 N–H and O–H groups in total. The fraction of sp³-hybridized carbons (Fsp3) is 0.769. The van der Waals surface area contributed by atoms with Crippen LogP contribution < -0.4 is 5.32 Å². The first-order valence-corrected chi connectivity index (χ1v) is 7.08. The number of ether oxygens (including phenoxy) is 1. The Labute approximate surface area is 117 Å². The van der Waals surface area contributed by atoms with Crippen LogP contribution in [-0.4, -0.2) is 46.7 Å². The van der Waals surface area contributed by atoms with Crippen molar-refractivity contribution in [2.45, 2.75) is 44.4 Å². The normalized spacial score (nSPS) is 27.1. The number of likely N-dealkylation sites (tertiary alicyclic amines) is 1. The molecule has 3 heterocycles. The van der Waals surface area contributed by atoms with Crippen molar-refractivity contribution in [1.29, 1.82) is 0 Å². The van der Waals surface area contributed by atoms with Crippen LogP contribution in [0.4, 0.5) is 0 Å². The van der Waals surface area contributed by atoms with E-state index in [1.165, 1.54) is 0 Å². The Morgan fingerprint density at radius 3 is 3.10 bits per heavy atom. The van der Waals surface area contributed by atoms with Crippen LogP contribution in [0.25, 0.3) is 0 Å². The third kappa shape index (κ3) is 2.31. The summed E-state index contributed by atoms with van der Waals surface area (Å²) < 4.78 is 10.2. The number of carbonyl (C=O) groups is 1. The maximum Gasteiger partial charge on any atom is 0.240 e. The largest absolute Gasteiger partial charge is 0.377 e. The van der Waals surface area contributed by atoms with Gasteiger partial charge >= 0.3 is 0 Å². The van der Waals surface area contributed by atoms with E-state index in [9.17, 15) is 4.79 Å². The molecule has 1 unspecified atom stereocenters. The number of hydrogen-bond acceptors (Lipinski definition) is 6. The molecule has 0 aromatic carbocycles. The van der Waals surface area contributed by atoms with Gasteiger partial charge < -0.3 is 14.6 Å². The van der Waals surface area contributed by atoms with Gasteiger partial charge in [-0.25, -0.2) is 0 Å². The highest BCUT2D eigenvalue weighted by atomic mass is 16.5. The maximum atomic E-state index is 12.3. The van der Waals surface area contributed by atoms with Gasteiger partial charge in [-0.2, -0.15) is 4.98 Å². The molecule has 0 aliphatic carbocycles. The molecule has 7 heteroatoms. The van der Waals surface area contributed by atoms with Gasteiger partial charge in [0.25, 0.3) is 0 Å². The van der Waals surface area contributed by atoms with Crippen LogP contribution in [0.3, 0.4) is 0 Å². The smallest absolute Gasteiger partial charge is 0.240 e. The molecular formula is C13H20N4O3. The molecule has 3 rings (SSSR count). The quantitative estimate of drug-likeness (QED) is 0.863. The minimum absolute atomic E-state index is 0.151. The predicted molar refractivity (Wildman–Crippen MR) is 69.6 cm³/mol. The first kappa shape index (κ1) is 13.5. The van der Waals surface area contributed by atoms with Crippen LogP contribution in [0.1, 0.15) is 37.4 Å². The first-order valence-electron chi connectivity index (χ1n) is 7.08. The highest BCUT2D eigenvalue weighted by Gasteiger charge is 2.48. The fourth-order valence-corrected chi connectivity index (χ4v) is 3.27. The highest BCUT2D eigenvalue weighted by molar-refractivity contribution is 5.87. The molecule has 2 fully saturated rings. The molecule has 0 bridgehead atoms. The summed E-state index contributed by atoms with van der Waals surface area (Å²) >= 11 is 0. The summed E-state index contributed by atoms with van der Waals surface area (Å²) in [5.41, 5.74) is -0.367. The Hall–Kier alpha value is -1.47. The van der Waals surface area contributed by atoms with E-state index in [2.05, 4.69) is 20.4 Å². The zero-order chi connectivity index (χ0) is 14.0. The molecule has 20 heavy (non-hydrogen) atoms. The van der Waals surface area contributed by atoms with Crippen molar-refractivity contribution in [2.75, 3.05) is 20.2 Å². The minimum atomic E-state index is -0.367. The Morgan fingerprint density at radius 1 is 1.45 bits per heavy atom. The van der Waals surface area contributed by atoms with Gasteiger partial charge in [0, 0.05) is 13.7 Å². The second kappa shape index (κ2) is 5.49. The van der Waals surface area contributed by atoms with Crippen LogP contribution >= 0.6 is 0 Å². The molecule has 7 nitrogen and oxygen atoms in total. The number of amides is 1. The molecule has 1 amide bonds. The van der Waals surface area contributed by atoms with Crippen LogP contribution in [0.2, 0.25) is 0 Å². The molecule has 2 aliphatic heterocycles. The van der Waals surface area contributed by atoms with Gasteiger partial charge in [-0.1, -0.05) is 5.16 Å². The van der Waals surface area contributed by atoms with E-state index >= 15 is 0 Å². The molecule has 0 saturated carbocycles. The summed E-state index contributed by atoms with van der Waals surface area (Å²) in [5, 5.41) is 6.85. The van der Waals surface area contributed by atoms with Gasteiger partial charge in [0.2, 0.25) is 11.8 Å². The summed E-state index contributed by atoms with van der Waals surface area (Å²) in [4.78, 5) is 18.8. The Bertz CT molecular complexity index is 490. The summed E-state index contributed by atoms with van der Waals surface area (Å²) in [7, 11) is 1.60. The summed E-state index contributed by atoms with van der Waals surface area (Å²) in [6, 6.07) is 0. The Morgan fingerprint density at radius 2 is 2.30 bits per heavy atom. The number of hydrogen-bond donors (Lipinski definition) is 1. The van der Waals surface area contributed by atoms with Gasteiger partial charge in [-0.3, -0.25) is 9.69 Å². The zero-order valence-corrected chi connectivity index (χ0v) is 11.7. The molecular weight excluding hydrogens is 260 g/mol. The van der Waals surface area contributed by atoms with Crippen LogP contribution in [-0.2, 0) is 22.7 Å². The summed E-state index contributed by atoms with van der Waals surface area (Å²) in [5.74, 6) is 1.25. The molecule has 2 aliphatic rings. The van der Waals surface area contributed by atoms with E-state index in [1.54, 1.807) is 7.11 Å². The van der Waals surface area contributed by atoms with E-state index in [0.29, 0.717) is 24.9 Å². The summed E-state index contributed by atoms with van der Waals surface area (Å²) in [6.07, 6.45) is 3.89. The van der Waals surface area contributed by atoms with Crippen molar-refractivity contribution in [1.82, 2.24) is 20.4 Å². The number of carbonyl (C=O) groups excluding carboxylic acids is 1. The second-order valence-electron chi connectivity index (χ2n) is 5.45. The van der Waals surface area contributed by atoms with Gasteiger partial charge in [0.05, 0.1) is 6.54 Å². The third-order valence-corrected chi connectivity index (χ3v) is 4.21. The topological polar surface area (TPSA) is 80.5 Å². The average Bonchev–Trinajstić information content (AvgIpc) is 3.03. The number of piperidine rings is 1. The Kier molecular flexibility index (Phi) is 3.71. The van der Waals surface area contributed by atoms with Crippen molar-refractivity contribution in [3.05, 3.63) is 11.7 Å². The van der Waals surface area contributed by atoms with E-state index < -0.39 is 0 Å². The standard InChI is InChI=1S/C13H20N4O3/c1-19-9-10-15-11(20-16-10)8-17-7-3-5-13(17)4-2-6-14-12(13)18/h2-9H2,1H3,(H,14,18). The van der Waals surface area contributed by atoms with E-state index in [1.807, 2.05) is 0 Å². The van der Waals surface area contributed by atoms with Crippen LogP contribution in [0.15, 0.2) is 4.52 Å². The number of methoxy groups -OCH3 is 1. The molecule has 2 saturated heterocycles. The zero-order valence-electron chi connectivity index (χ0n) is 11.7. The first-order chi connectivity index (χ1) is 9.74. The molecule has 1 aromatic rings. The number of nitrogens with one attached hydrogen (secondary N) is 1. The number of nitrogens with zero attached hydrogens (tertiary/aromatic N) is 3. The maximum absolute atomic E-state index is 12.3. The Balaban J connectivity index is 1.73. The second-order valence-corrected chi connectivity index (χ2v) is 5.45. The molecule has 110 valence electrons. The summed E-state index contributed by atoms with van der Waals surface area (Å²) in [6.45, 7) is 2.56. The van der Waals surface area contributed by atoms with Crippen molar-refractivity contribution in [2.24, 2.45) is 0 Å². The lowest BCUT2D eigenvalue weighted by molar-refractivity contribution is -0.135. The third-order valence-electron chi connectivity index (χ3n) is 4.21. The minimum Gasteiger partial charge on any atom is -0.377 e. The predicted octanol–water partition coefficient (Wildman–Crippen LogP) is 0.461. The monoisotopic (exact) mass is 280 g/mol. The van der Waals surface area contributed by atoms with E-state index in [-0.39, 0.29) is 11.4 Å². The lowest BCUT2D eigenvalue weighted by atomic mass is 9.86. The van der Waals surface area contributed by atoms with Crippen LogP contribution in [0, 0.1) is 0 Å². The van der Waals surface area contributed by atoms with Crippen molar-refractivity contribution in [3.63, 3.8) is 0 Å². The highest BCUT2D eigenvalue weighted by Crippen LogP contribution is 2.36. The molecule has 0 radical (unpaired) electrons. The fourth-order valence-electron chi connectivity index (χ4n) is 3.27. The lowest BCUT2D eigenvalue weighted by Gasteiger charge is -2.39. The van der Waals surface area contributed by atoms with Gasteiger partial charge in [0.1, 0.15) is 12.1 Å². The lowest BCUT2D eigenvalue weighted by Crippen LogP contribution is -2.58. The molecule has 1 aromatic heterocycles. The van der Waals surface area contributed by atoms with Gasteiger partial charge in [0.15, 0.2) is 5.82 Å². The van der Waals surface area contributed by atoms with E-state index in [0.717, 1.165) is 38.8 Å². The van der Waals surface area contributed by atoms with Crippen LogP contribution in [0.5, 0.6) is 0 Å². The van der Waals surface area contributed by atoms with Crippen molar-refractivity contribution in [3.8, 4) is 0 Å². The van der Waals surface area contributed by atoms with Crippen molar-refractivity contribution < 1.29 is 14.1 Å². The molecule has 1 atom stereocenters. The van der Waals surface area contributed by atoms with Gasteiger partial charge in [-0.05, 0) is 32.2 Å².